The maximum Gasteiger partial charge on any atom is 0.131 e. The van der Waals surface area contributed by atoms with E-state index in [9.17, 15) is 0 Å². The monoisotopic (exact) mass is 219 g/mol. The summed E-state index contributed by atoms with van der Waals surface area (Å²) in [5.41, 5.74) is 2.19. The summed E-state index contributed by atoms with van der Waals surface area (Å²) in [5, 5.41) is 0.508. The van der Waals surface area contributed by atoms with Crippen LogP contribution in [0.15, 0.2) is 30.9 Å². The fourth-order valence-corrected chi connectivity index (χ4v) is 1.79. The van der Waals surface area contributed by atoms with Crippen LogP contribution < -0.4 is 0 Å². The van der Waals surface area contributed by atoms with Crippen molar-refractivity contribution < 1.29 is 0 Å². The molecule has 15 heavy (non-hydrogen) atoms. The number of pyridine rings is 1. The van der Waals surface area contributed by atoms with Crippen molar-refractivity contribution >= 4 is 11.6 Å². The molecule has 1 saturated carbocycles. The van der Waals surface area contributed by atoms with E-state index in [1.807, 2.05) is 23.0 Å². The molecule has 0 saturated heterocycles. The van der Waals surface area contributed by atoms with Gasteiger partial charge in [-0.3, -0.25) is 0 Å². The second-order valence-corrected chi connectivity index (χ2v) is 4.20. The topological polar surface area (TPSA) is 30.7 Å². The van der Waals surface area contributed by atoms with Gasteiger partial charge in [0.2, 0.25) is 0 Å². The summed E-state index contributed by atoms with van der Waals surface area (Å²) in [6, 6.07) is 3.75. The Morgan fingerprint density at radius 1 is 1.33 bits per heavy atom. The van der Waals surface area contributed by atoms with Crippen LogP contribution in [-0.2, 0) is 0 Å². The smallest absolute Gasteiger partial charge is 0.131 e. The summed E-state index contributed by atoms with van der Waals surface area (Å²) in [4.78, 5) is 8.33. The van der Waals surface area contributed by atoms with Crippen molar-refractivity contribution in [1.29, 1.82) is 0 Å². The molecular weight excluding hydrogens is 210 g/mol. The predicted octanol–water partition coefficient (Wildman–Crippen LogP) is 2.80. The van der Waals surface area contributed by atoms with Crippen LogP contribution in [0.3, 0.4) is 0 Å². The van der Waals surface area contributed by atoms with Gasteiger partial charge in [-0.2, -0.15) is 0 Å². The standard InChI is InChI=1S/C11H10ClN3/c12-11-5-9(3-4-13-11)15-6-10(14-7-15)8-1-2-8/h3-8H,1-2H2. The van der Waals surface area contributed by atoms with Gasteiger partial charge >= 0.3 is 0 Å². The SMILES string of the molecule is Clc1cc(-n2cnc(C3CC3)c2)ccn1. The lowest BCUT2D eigenvalue weighted by Gasteiger charge is -2.00. The van der Waals surface area contributed by atoms with Crippen LogP contribution in [0, 0.1) is 0 Å². The molecule has 1 fully saturated rings. The number of imidazole rings is 1. The van der Waals surface area contributed by atoms with Gasteiger partial charge in [0.15, 0.2) is 0 Å². The first-order chi connectivity index (χ1) is 7.33. The summed E-state index contributed by atoms with van der Waals surface area (Å²) in [5.74, 6) is 0.684. The van der Waals surface area contributed by atoms with Crippen molar-refractivity contribution in [3.05, 3.63) is 41.7 Å². The lowest BCUT2D eigenvalue weighted by Crippen LogP contribution is -1.90. The summed E-state index contributed by atoms with van der Waals surface area (Å²) in [6.45, 7) is 0. The number of hydrogen-bond donors (Lipinski definition) is 0. The summed E-state index contributed by atoms with van der Waals surface area (Å²) in [6.07, 6.45) is 8.15. The van der Waals surface area contributed by atoms with Crippen molar-refractivity contribution in [2.45, 2.75) is 18.8 Å². The van der Waals surface area contributed by atoms with Gasteiger partial charge in [-0.05, 0) is 25.0 Å². The first-order valence-corrected chi connectivity index (χ1v) is 5.36. The molecule has 3 nitrogen and oxygen atoms in total. The molecule has 2 aromatic heterocycles. The molecule has 2 heterocycles. The van der Waals surface area contributed by atoms with E-state index in [4.69, 9.17) is 11.6 Å². The lowest BCUT2D eigenvalue weighted by atomic mass is 10.3. The molecule has 3 rings (SSSR count). The molecule has 0 spiro atoms. The van der Waals surface area contributed by atoms with Crippen molar-refractivity contribution in [2.75, 3.05) is 0 Å². The van der Waals surface area contributed by atoms with Crippen LogP contribution in [0.25, 0.3) is 5.69 Å². The summed E-state index contributed by atoms with van der Waals surface area (Å²) in [7, 11) is 0. The van der Waals surface area contributed by atoms with Gasteiger partial charge in [-0.15, -0.1) is 0 Å². The van der Waals surface area contributed by atoms with Gasteiger partial charge in [0.1, 0.15) is 5.15 Å². The van der Waals surface area contributed by atoms with Gasteiger partial charge < -0.3 is 4.57 Å². The van der Waals surface area contributed by atoms with Crippen molar-refractivity contribution in [3.63, 3.8) is 0 Å². The molecule has 0 atom stereocenters. The van der Waals surface area contributed by atoms with E-state index in [1.54, 1.807) is 6.20 Å². The third kappa shape index (κ3) is 1.75. The minimum Gasteiger partial charge on any atom is -0.306 e. The van der Waals surface area contributed by atoms with Crippen molar-refractivity contribution in [2.24, 2.45) is 0 Å². The fraction of sp³-hybridized carbons (Fsp3) is 0.273. The Hall–Kier alpha value is -1.35. The number of hydrogen-bond acceptors (Lipinski definition) is 2. The normalized spacial score (nSPS) is 15.5. The molecule has 0 aliphatic heterocycles. The van der Waals surface area contributed by atoms with E-state index in [1.165, 1.54) is 18.5 Å². The van der Waals surface area contributed by atoms with Crippen LogP contribution in [0.4, 0.5) is 0 Å². The van der Waals surface area contributed by atoms with Gasteiger partial charge in [-0.25, -0.2) is 9.97 Å². The Labute approximate surface area is 92.7 Å². The number of halogens is 1. The molecule has 2 aromatic rings. The van der Waals surface area contributed by atoms with Gasteiger partial charge in [0.05, 0.1) is 17.7 Å². The first-order valence-electron chi connectivity index (χ1n) is 4.99. The largest absolute Gasteiger partial charge is 0.306 e. The second kappa shape index (κ2) is 3.35. The number of nitrogens with zero attached hydrogens (tertiary/aromatic N) is 3. The number of rotatable bonds is 2. The minimum atomic E-state index is 0.508. The molecule has 0 unspecified atom stereocenters. The Balaban J connectivity index is 1.97. The average Bonchev–Trinajstić information content (AvgIpc) is 2.97. The van der Waals surface area contributed by atoms with E-state index >= 15 is 0 Å². The van der Waals surface area contributed by atoms with Gasteiger partial charge in [0.25, 0.3) is 0 Å². The molecule has 1 aliphatic carbocycles. The van der Waals surface area contributed by atoms with Crippen molar-refractivity contribution in [1.82, 2.24) is 14.5 Å². The van der Waals surface area contributed by atoms with Crippen molar-refractivity contribution in [3.8, 4) is 5.69 Å². The zero-order chi connectivity index (χ0) is 10.3. The fourth-order valence-electron chi connectivity index (χ4n) is 1.62. The van der Waals surface area contributed by atoms with Crippen LogP contribution in [0.2, 0.25) is 5.15 Å². The molecule has 0 amide bonds. The third-order valence-electron chi connectivity index (χ3n) is 2.61. The van der Waals surface area contributed by atoms with Crippen LogP contribution >= 0.6 is 11.6 Å². The third-order valence-corrected chi connectivity index (χ3v) is 2.81. The maximum atomic E-state index is 5.83. The highest BCUT2D eigenvalue weighted by molar-refractivity contribution is 6.29. The molecule has 76 valence electrons. The molecule has 0 bridgehead atoms. The van der Waals surface area contributed by atoms with E-state index < -0.39 is 0 Å². The van der Waals surface area contributed by atoms with E-state index in [0.29, 0.717) is 11.1 Å². The Morgan fingerprint density at radius 3 is 2.93 bits per heavy atom. The zero-order valence-corrected chi connectivity index (χ0v) is 8.85. The summed E-state index contributed by atoms with van der Waals surface area (Å²) >= 11 is 5.83. The lowest BCUT2D eigenvalue weighted by molar-refractivity contribution is 1.04. The molecule has 0 aromatic carbocycles. The minimum absolute atomic E-state index is 0.508. The van der Waals surface area contributed by atoms with Crippen LogP contribution in [0.5, 0.6) is 0 Å². The highest BCUT2D eigenvalue weighted by Gasteiger charge is 2.25. The molecule has 1 aliphatic rings. The highest BCUT2D eigenvalue weighted by atomic mass is 35.5. The quantitative estimate of drug-likeness (QED) is 0.728. The van der Waals surface area contributed by atoms with Crippen LogP contribution in [0.1, 0.15) is 24.5 Å². The summed E-state index contributed by atoms with van der Waals surface area (Å²) < 4.78 is 1.99. The highest BCUT2D eigenvalue weighted by Crippen LogP contribution is 2.39. The predicted molar refractivity (Wildman–Crippen MR) is 58.3 cm³/mol. The molecule has 0 N–H and O–H groups in total. The molecule has 4 heteroatoms. The zero-order valence-electron chi connectivity index (χ0n) is 8.10. The Bertz CT molecular complexity index is 488. The van der Waals surface area contributed by atoms with E-state index in [2.05, 4.69) is 16.2 Å². The first kappa shape index (κ1) is 8.92. The van der Waals surface area contributed by atoms with Gasteiger partial charge in [0, 0.05) is 18.3 Å². The van der Waals surface area contributed by atoms with E-state index in [0.717, 1.165) is 5.69 Å². The van der Waals surface area contributed by atoms with Crippen LogP contribution in [-0.4, -0.2) is 14.5 Å². The number of aromatic nitrogens is 3. The Morgan fingerprint density at radius 2 is 2.20 bits per heavy atom. The molecular formula is C11H10ClN3. The van der Waals surface area contributed by atoms with Gasteiger partial charge in [-0.1, -0.05) is 11.6 Å². The second-order valence-electron chi connectivity index (χ2n) is 3.82. The van der Waals surface area contributed by atoms with E-state index in [-0.39, 0.29) is 0 Å². The molecule has 0 radical (unpaired) electrons. The maximum absolute atomic E-state index is 5.83. The Kier molecular flexibility index (Phi) is 1.99. The average molecular weight is 220 g/mol.